The highest BCUT2D eigenvalue weighted by Crippen LogP contribution is 2.37. The second-order valence-corrected chi connectivity index (χ2v) is 5.91. The zero-order valence-corrected chi connectivity index (χ0v) is 15.1. The Balaban J connectivity index is 0.000000290. The number of para-hydroxylation sites is 1. The highest BCUT2D eigenvalue weighted by Gasteiger charge is 2.10. The summed E-state index contributed by atoms with van der Waals surface area (Å²) >= 11 is 0. The van der Waals surface area contributed by atoms with Crippen molar-refractivity contribution in [2.45, 2.75) is 26.2 Å². The van der Waals surface area contributed by atoms with Gasteiger partial charge < -0.3 is 14.9 Å². The largest absolute Gasteiger partial charge is 0.508 e. The molecule has 0 radical (unpaired) electrons. The Morgan fingerprint density at radius 2 is 1.38 bits per heavy atom. The van der Waals surface area contributed by atoms with E-state index >= 15 is 0 Å². The first-order chi connectivity index (χ1) is 12.7. The third kappa shape index (κ3) is 6.17. The standard InChI is InChI=1S/C17H20O2.C6H6O/c1-2-3-7-13-19-16-12-8-11-15(18)17(16)14-9-5-4-6-10-14;7-6-4-2-1-3-5-6/h4-6,8-12,18H,2-3,7,13H2,1H3;1-5,7H. The summed E-state index contributed by atoms with van der Waals surface area (Å²) in [7, 11) is 0. The lowest BCUT2D eigenvalue weighted by Crippen LogP contribution is -1.98. The maximum absolute atomic E-state index is 10.1. The maximum Gasteiger partial charge on any atom is 0.130 e. The summed E-state index contributed by atoms with van der Waals surface area (Å²) in [6.07, 6.45) is 3.38. The molecule has 3 aromatic carbocycles. The van der Waals surface area contributed by atoms with Crippen molar-refractivity contribution in [3.8, 4) is 28.4 Å². The molecule has 0 bridgehead atoms. The molecule has 0 aliphatic heterocycles. The number of phenolic OH excluding ortho intramolecular Hbond substituents is 2. The van der Waals surface area contributed by atoms with Gasteiger partial charge in [-0.3, -0.25) is 0 Å². The van der Waals surface area contributed by atoms with Gasteiger partial charge in [0, 0.05) is 0 Å². The lowest BCUT2D eigenvalue weighted by molar-refractivity contribution is 0.306. The van der Waals surface area contributed by atoms with Crippen LogP contribution in [0, 0.1) is 0 Å². The molecule has 26 heavy (non-hydrogen) atoms. The number of aromatic hydroxyl groups is 2. The first kappa shape index (κ1) is 19.4. The first-order valence-corrected chi connectivity index (χ1v) is 8.96. The molecule has 0 aromatic heterocycles. The summed E-state index contributed by atoms with van der Waals surface area (Å²) in [6.45, 7) is 2.86. The highest BCUT2D eigenvalue weighted by molar-refractivity contribution is 5.76. The van der Waals surface area contributed by atoms with Gasteiger partial charge in [0.15, 0.2) is 0 Å². The molecule has 3 aromatic rings. The SMILES string of the molecule is CCCCCOc1cccc(O)c1-c1ccccc1.Oc1ccccc1. The second-order valence-electron chi connectivity index (χ2n) is 5.91. The van der Waals surface area contributed by atoms with E-state index in [4.69, 9.17) is 9.84 Å². The van der Waals surface area contributed by atoms with E-state index in [2.05, 4.69) is 6.92 Å². The fraction of sp³-hybridized carbons (Fsp3) is 0.217. The molecule has 3 rings (SSSR count). The van der Waals surface area contributed by atoms with Gasteiger partial charge in [0.05, 0.1) is 12.2 Å². The second kappa shape index (κ2) is 10.8. The smallest absolute Gasteiger partial charge is 0.130 e. The van der Waals surface area contributed by atoms with Crippen LogP contribution in [0.15, 0.2) is 78.9 Å². The van der Waals surface area contributed by atoms with Crippen molar-refractivity contribution >= 4 is 0 Å². The van der Waals surface area contributed by atoms with E-state index in [0.717, 1.165) is 23.3 Å². The van der Waals surface area contributed by atoms with Crippen LogP contribution in [0.5, 0.6) is 17.2 Å². The van der Waals surface area contributed by atoms with Gasteiger partial charge in [-0.2, -0.15) is 0 Å². The predicted octanol–water partition coefficient (Wildman–Crippen LogP) is 6.02. The Morgan fingerprint density at radius 1 is 0.731 bits per heavy atom. The molecule has 0 heterocycles. The van der Waals surface area contributed by atoms with E-state index in [1.807, 2.05) is 48.5 Å². The van der Waals surface area contributed by atoms with Gasteiger partial charge in [-0.25, -0.2) is 0 Å². The van der Waals surface area contributed by atoms with Crippen molar-refractivity contribution in [2.75, 3.05) is 6.61 Å². The topological polar surface area (TPSA) is 49.7 Å². The van der Waals surface area contributed by atoms with Crippen LogP contribution in [0.4, 0.5) is 0 Å². The van der Waals surface area contributed by atoms with Crippen molar-refractivity contribution < 1.29 is 14.9 Å². The fourth-order valence-corrected chi connectivity index (χ4v) is 2.50. The normalized spacial score (nSPS) is 9.88. The summed E-state index contributed by atoms with van der Waals surface area (Å²) in [5, 5.41) is 18.7. The number of benzene rings is 3. The van der Waals surface area contributed by atoms with E-state index in [-0.39, 0.29) is 5.75 Å². The predicted molar refractivity (Wildman–Crippen MR) is 107 cm³/mol. The van der Waals surface area contributed by atoms with E-state index in [0.29, 0.717) is 12.4 Å². The van der Waals surface area contributed by atoms with Crippen LogP contribution < -0.4 is 4.74 Å². The third-order valence-corrected chi connectivity index (χ3v) is 3.83. The van der Waals surface area contributed by atoms with Gasteiger partial charge in [-0.05, 0) is 36.2 Å². The van der Waals surface area contributed by atoms with Crippen LogP contribution in [-0.2, 0) is 0 Å². The highest BCUT2D eigenvalue weighted by atomic mass is 16.5. The fourth-order valence-electron chi connectivity index (χ4n) is 2.50. The Labute approximate surface area is 155 Å². The van der Waals surface area contributed by atoms with Gasteiger partial charge in [0.2, 0.25) is 0 Å². The zero-order chi connectivity index (χ0) is 18.6. The molecule has 0 amide bonds. The molecule has 0 fully saturated rings. The van der Waals surface area contributed by atoms with Crippen molar-refractivity contribution in [1.82, 2.24) is 0 Å². The summed E-state index contributed by atoms with van der Waals surface area (Å²) in [5.41, 5.74) is 1.76. The molecule has 0 aliphatic carbocycles. The molecule has 0 unspecified atom stereocenters. The van der Waals surface area contributed by atoms with Gasteiger partial charge in [0.1, 0.15) is 17.2 Å². The van der Waals surface area contributed by atoms with Gasteiger partial charge in [0.25, 0.3) is 0 Å². The number of ether oxygens (including phenoxy) is 1. The van der Waals surface area contributed by atoms with Crippen LogP contribution >= 0.6 is 0 Å². The van der Waals surface area contributed by atoms with E-state index < -0.39 is 0 Å². The van der Waals surface area contributed by atoms with Crippen molar-refractivity contribution in [2.24, 2.45) is 0 Å². The maximum atomic E-state index is 10.1. The van der Waals surface area contributed by atoms with Gasteiger partial charge in [-0.1, -0.05) is 74.4 Å². The Kier molecular flexibility index (Phi) is 8.07. The van der Waals surface area contributed by atoms with Crippen LogP contribution in [0.1, 0.15) is 26.2 Å². The van der Waals surface area contributed by atoms with Crippen molar-refractivity contribution in [3.05, 3.63) is 78.9 Å². The summed E-state index contributed by atoms with van der Waals surface area (Å²) in [5.74, 6) is 1.34. The van der Waals surface area contributed by atoms with E-state index in [1.54, 1.807) is 30.3 Å². The van der Waals surface area contributed by atoms with E-state index in [1.165, 1.54) is 12.8 Å². The van der Waals surface area contributed by atoms with Gasteiger partial charge in [-0.15, -0.1) is 0 Å². The third-order valence-electron chi connectivity index (χ3n) is 3.83. The number of rotatable bonds is 6. The summed E-state index contributed by atoms with van der Waals surface area (Å²) in [4.78, 5) is 0. The molecular formula is C23H26O3. The monoisotopic (exact) mass is 350 g/mol. The minimum absolute atomic E-state index is 0.263. The van der Waals surface area contributed by atoms with Crippen LogP contribution in [-0.4, -0.2) is 16.8 Å². The van der Waals surface area contributed by atoms with Crippen LogP contribution in [0.2, 0.25) is 0 Å². The quantitative estimate of drug-likeness (QED) is 0.534. The van der Waals surface area contributed by atoms with Crippen LogP contribution in [0.3, 0.4) is 0 Å². The van der Waals surface area contributed by atoms with Gasteiger partial charge >= 0.3 is 0 Å². The number of hydrogen-bond donors (Lipinski definition) is 2. The average molecular weight is 350 g/mol. The Hall–Kier alpha value is -2.94. The van der Waals surface area contributed by atoms with Crippen molar-refractivity contribution in [1.29, 1.82) is 0 Å². The molecule has 3 heteroatoms. The molecule has 0 saturated heterocycles. The molecule has 0 aliphatic rings. The van der Waals surface area contributed by atoms with Crippen molar-refractivity contribution in [3.63, 3.8) is 0 Å². The van der Waals surface area contributed by atoms with E-state index in [9.17, 15) is 5.11 Å². The molecule has 0 spiro atoms. The lowest BCUT2D eigenvalue weighted by Gasteiger charge is -2.13. The zero-order valence-electron chi connectivity index (χ0n) is 15.1. The molecule has 3 nitrogen and oxygen atoms in total. The lowest BCUT2D eigenvalue weighted by atomic mass is 10.0. The van der Waals surface area contributed by atoms with Crippen LogP contribution in [0.25, 0.3) is 11.1 Å². The minimum atomic E-state index is 0.263. The first-order valence-electron chi connectivity index (χ1n) is 8.96. The molecule has 136 valence electrons. The number of unbranched alkanes of at least 4 members (excludes halogenated alkanes) is 2. The summed E-state index contributed by atoms with van der Waals surface area (Å²) < 4.78 is 5.81. The molecular weight excluding hydrogens is 324 g/mol. The molecule has 0 atom stereocenters. The molecule has 0 saturated carbocycles. The molecule has 2 N–H and O–H groups in total. The summed E-state index contributed by atoms with van der Waals surface area (Å²) in [6, 6.07) is 24.0. The Bertz CT molecular complexity index is 755. The number of hydrogen-bond acceptors (Lipinski definition) is 3. The number of phenols is 2. The minimum Gasteiger partial charge on any atom is -0.508 e. The Morgan fingerprint density at radius 3 is 1.96 bits per heavy atom. The average Bonchev–Trinajstić information content (AvgIpc) is 2.67.